The molecule has 1 fully saturated rings. The second-order valence-electron chi connectivity index (χ2n) is 4.84. The Labute approximate surface area is 94.3 Å². The van der Waals surface area contributed by atoms with E-state index in [1.54, 1.807) is 6.07 Å². The molecule has 1 aromatic rings. The molecule has 4 nitrogen and oxygen atoms in total. The van der Waals surface area contributed by atoms with Crippen molar-refractivity contribution in [2.45, 2.75) is 38.9 Å². The van der Waals surface area contributed by atoms with Crippen LogP contribution in [0.3, 0.4) is 0 Å². The van der Waals surface area contributed by atoms with E-state index in [0.717, 1.165) is 0 Å². The Balaban J connectivity index is 2.27. The second-order valence-corrected chi connectivity index (χ2v) is 4.84. The molecule has 1 aromatic heterocycles. The Bertz CT molecular complexity index is 396. The van der Waals surface area contributed by atoms with E-state index in [-0.39, 0.29) is 0 Å². The van der Waals surface area contributed by atoms with Gasteiger partial charge in [0.05, 0.1) is 16.8 Å². The summed E-state index contributed by atoms with van der Waals surface area (Å²) >= 11 is 0. The van der Waals surface area contributed by atoms with Gasteiger partial charge in [0.2, 0.25) is 0 Å². The molecule has 2 heterocycles. The number of hydrogen-bond donors (Lipinski definition) is 0. The topological polar surface area (TPSA) is 44.2 Å². The molecule has 0 bridgehead atoms. The fourth-order valence-electron chi connectivity index (χ4n) is 1.44. The highest BCUT2D eigenvalue weighted by atomic mass is 19.1. The molecule has 0 spiro atoms. The molecule has 0 aromatic carbocycles. The lowest BCUT2D eigenvalue weighted by Crippen LogP contribution is -2.41. The van der Waals surface area contributed by atoms with Gasteiger partial charge in [0.25, 0.3) is 0 Å². The molecule has 0 saturated carbocycles. The molecule has 1 aliphatic heterocycles. The Hall–Kier alpha value is -1.01. The summed E-state index contributed by atoms with van der Waals surface area (Å²) in [5.41, 5.74) is -0.482. The standard InChI is InChI=1S/C10H14BFN2O2/c1-9(2)10(3,4)16-11(15-9)7-5-6-13-8(12)14-7/h5-6H,1-4H3. The summed E-state index contributed by atoms with van der Waals surface area (Å²) in [5, 5.41) is 0. The quantitative estimate of drug-likeness (QED) is 0.525. The Morgan fingerprint density at radius 3 is 2.25 bits per heavy atom. The van der Waals surface area contributed by atoms with Gasteiger partial charge < -0.3 is 9.31 Å². The Kier molecular flexibility index (Phi) is 2.51. The van der Waals surface area contributed by atoms with Crippen LogP contribution in [-0.2, 0) is 9.31 Å². The third-order valence-electron chi connectivity index (χ3n) is 3.14. The van der Waals surface area contributed by atoms with Gasteiger partial charge in [-0.3, -0.25) is 0 Å². The zero-order chi connectivity index (χ0) is 12.0. The van der Waals surface area contributed by atoms with Crippen molar-refractivity contribution in [3.05, 3.63) is 18.3 Å². The lowest BCUT2D eigenvalue weighted by molar-refractivity contribution is 0.00578. The number of nitrogens with zero attached hydrogens (tertiary/aromatic N) is 2. The van der Waals surface area contributed by atoms with E-state index in [9.17, 15) is 4.39 Å². The van der Waals surface area contributed by atoms with Gasteiger partial charge in [0.1, 0.15) is 0 Å². The fourth-order valence-corrected chi connectivity index (χ4v) is 1.44. The lowest BCUT2D eigenvalue weighted by atomic mass is 9.85. The highest BCUT2D eigenvalue weighted by molar-refractivity contribution is 6.61. The molecule has 1 aliphatic rings. The molecule has 0 unspecified atom stereocenters. The van der Waals surface area contributed by atoms with Crippen LogP contribution in [0.1, 0.15) is 27.7 Å². The fraction of sp³-hybridized carbons (Fsp3) is 0.600. The van der Waals surface area contributed by atoms with Crippen LogP contribution < -0.4 is 5.59 Å². The first-order valence-electron chi connectivity index (χ1n) is 5.16. The van der Waals surface area contributed by atoms with Gasteiger partial charge in [-0.05, 0) is 33.8 Å². The third kappa shape index (κ3) is 1.83. The van der Waals surface area contributed by atoms with Gasteiger partial charge in [-0.1, -0.05) is 0 Å². The van der Waals surface area contributed by atoms with Gasteiger partial charge in [0, 0.05) is 6.20 Å². The summed E-state index contributed by atoms with van der Waals surface area (Å²) in [4.78, 5) is 7.05. The molecule has 0 atom stereocenters. The van der Waals surface area contributed by atoms with E-state index in [1.807, 2.05) is 27.7 Å². The highest BCUT2D eigenvalue weighted by Crippen LogP contribution is 2.36. The van der Waals surface area contributed by atoms with Crippen LogP contribution in [0.4, 0.5) is 4.39 Å². The van der Waals surface area contributed by atoms with E-state index in [0.29, 0.717) is 5.59 Å². The Morgan fingerprint density at radius 1 is 1.19 bits per heavy atom. The summed E-state index contributed by atoms with van der Waals surface area (Å²) in [5.74, 6) is 0. The molecular weight excluding hydrogens is 210 g/mol. The van der Waals surface area contributed by atoms with Crippen molar-refractivity contribution in [2.24, 2.45) is 0 Å². The molecular formula is C10H14BFN2O2. The molecule has 6 heteroatoms. The van der Waals surface area contributed by atoms with Gasteiger partial charge in [-0.2, -0.15) is 4.39 Å². The van der Waals surface area contributed by atoms with Crippen molar-refractivity contribution >= 4 is 12.7 Å². The first-order valence-corrected chi connectivity index (χ1v) is 5.16. The van der Waals surface area contributed by atoms with Crippen LogP contribution in [-0.4, -0.2) is 28.3 Å². The van der Waals surface area contributed by atoms with Gasteiger partial charge >= 0.3 is 13.2 Å². The van der Waals surface area contributed by atoms with Crippen molar-refractivity contribution in [3.63, 3.8) is 0 Å². The van der Waals surface area contributed by atoms with Gasteiger partial charge in [-0.25, -0.2) is 9.97 Å². The molecule has 1 saturated heterocycles. The minimum absolute atomic E-state index is 0.408. The SMILES string of the molecule is CC1(C)OB(c2ccnc(F)n2)OC1(C)C. The van der Waals surface area contributed by atoms with Crippen LogP contribution in [0, 0.1) is 6.08 Å². The van der Waals surface area contributed by atoms with E-state index < -0.39 is 24.4 Å². The number of aromatic nitrogens is 2. The Morgan fingerprint density at radius 2 is 1.75 bits per heavy atom. The minimum Gasteiger partial charge on any atom is -0.398 e. The van der Waals surface area contributed by atoms with Gasteiger partial charge in [-0.15, -0.1) is 0 Å². The maximum absolute atomic E-state index is 12.9. The average Bonchev–Trinajstić information content (AvgIpc) is 2.36. The monoisotopic (exact) mass is 224 g/mol. The average molecular weight is 224 g/mol. The molecule has 2 rings (SSSR count). The number of hydrogen-bond acceptors (Lipinski definition) is 4. The van der Waals surface area contributed by atoms with Crippen molar-refractivity contribution in [1.29, 1.82) is 0 Å². The van der Waals surface area contributed by atoms with Crippen LogP contribution in [0.5, 0.6) is 0 Å². The molecule has 0 N–H and O–H groups in total. The first-order chi connectivity index (χ1) is 7.32. The maximum atomic E-state index is 12.9. The predicted octanol–water partition coefficient (Wildman–Crippen LogP) is 0.915. The summed E-state index contributed by atoms with van der Waals surface area (Å²) in [6.07, 6.45) is 0.579. The number of rotatable bonds is 1. The van der Waals surface area contributed by atoms with Crippen molar-refractivity contribution in [3.8, 4) is 0 Å². The van der Waals surface area contributed by atoms with Gasteiger partial charge in [0.15, 0.2) is 0 Å². The van der Waals surface area contributed by atoms with Crippen molar-refractivity contribution in [2.75, 3.05) is 0 Å². The summed E-state index contributed by atoms with van der Waals surface area (Å²) < 4.78 is 24.3. The van der Waals surface area contributed by atoms with Crippen LogP contribution in [0.15, 0.2) is 12.3 Å². The zero-order valence-corrected chi connectivity index (χ0v) is 9.82. The predicted molar refractivity (Wildman–Crippen MR) is 57.7 cm³/mol. The minimum atomic E-state index is -0.771. The molecule has 16 heavy (non-hydrogen) atoms. The normalized spacial score (nSPS) is 22.4. The van der Waals surface area contributed by atoms with E-state index in [1.165, 1.54) is 6.20 Å². The molecule has 86 valence electrons. The third-order valence-corrected chi connectivity index (χ3v) is 3.14. The highest BCUT2D eigenvalue weighted by Gasteiger charge is 2.52. The van der Waals surface area contributed by atoms with E-state index in [2.05, 4.69) is 9.97 Å². The zero-order valence-electron chi connectivity index (χ0n) is 9.82. The van der Waals surface area contributed by atoms with Crippen molar-refractivity contribution < 1.29 is 13.7 Å². The largest absolute Gasteiger partial charge is 0.514 e. The summed E-state index contributed by atoms with van der Waals surface area (Å²) in [7, 11) is -0.637. The summed E-state index contributed by atoms with van der Waals surface area (Å²) in [6, 6.07) is 1.59. The van der Waals surface area contributed by atoms with Crippen molar-refractivity contribution in [1.82, 2.24) is 9.97 Å². The molecule has 0 amide bonds. The van der Waals surface area contributed by atoms with E-state index >= 15 is 0 Å². The molecule has 0 radical (unpaired) electrons. The second kappa shape index (κ2) is 3.50. The number of halogens is 1. The molecule has 0 aliphatic carbocycles. The van der Waals surface area contributed by atoms with Crippen LogP contribution >= 0.6 is 0 Å². The van der Waals surface area contributed by atoms with Crippen LogP contribution in [0.2, 0.25) is 0 Å². The smallest absolute Gasteiger partial charge is 0.398 e. The van der Waals surface area contributed by atoms with Crippen LogP contribution in [0.25, 0.3) is 0 Å². The summed E-state index contributed by atoms with van der Waals surface area (Å²) in [6.45, 7) is 7.74. The first kappa shape index (κ1) is 11.5. The maximum Gasteiger partial charge on any atom is 0.514 e. The van der Waals surface area contributed by atoms with E-state index in [4.69, 9.17) is 9.31 Å². The lowest BCUT2D eigenvalue weighted by Gasteiger charge is -2.32.